The Kier molecular flexibility index (Phi) is 5.52. The SMILES string of the molecule is C=CCCCS(=O)(=O)NC(=O)c1scnc1C1CCCC1. The molecule has 116 valence electrons. The molecule has 1 saturated carbocycles. The molecule has 1 heterocycles. The minimum absolute atomic E-state index is 0.0671. The zero-order valence-corrected chi connectivity index (χ0v) is 13.5. The molecule has 1 amide bonds. The summed E-state index contributed by atoms with van der Waals surface area (Å²) in [7, 11) is -3.59. The largest absolute Gasteiger partial charge is 0.276 e. The summed E-state index contributed by atoms with van der Waals surface area (Å²) in [4.78, 5) is 16.9. The molecule has 1 fully saturated rings. The summed E-state index contributed by atoms with van der Waals surface area (Å²) in [6.45, 7) is 3.55. The smallest absolute Gasteiger partial charge is 0.267 e. The molecule has 1 aromatic rings. The first-order valence-corrected chi connectivity index (χ1v) is 9.66. The van der Waals surface area contributed by atoms with Crippen molar-refractivity contribution in [3.63, 3.8) is 0 Å². The molecule has 0 bridgehead atoms. The van der Waals surface area contributed by atoms with E-state index in [9.17, 15) is 13.2 Å². The molecule has 0 atom stereocenters. The first-order valence-electron chi connectivity index (χ1n) is 7.12. The number of allylic oxidation sites excluding steroid dienone is 1. The first-order chi connectivity index (χ1) is 10.0. The molecule has 7 heteroatoms. The van der Waals surface area contributed by atoms with Crippen molar-refractivity contribution < 1.29 is 13.2 Å². The van der Waals surface area contributed by atoms with E-state index in [1.54, 1.807) is 11.6 Å². The van der Waals surface area contributed by atoms with E-state index in [1.165, 1.54) is 11.3 Å². The van der Waals surface area contributed by atoms with E-state index in [2.05, 4.69) is 16.3 Å². The van der Waals surface area contributed by atoms with Crippen molar-refractivity contribution in [3.05, 3.63) is 28.7 Å². The third-order valence-electron chi connectivity index (χ3n) is 3.61. The fraction of sp³-hybridized carbons (Fsp3) is 0.571. The quantitative estimate of drug-likeness (QED) is 0.617. The van der Waals surface area contributed by atoms with Crippen LogP contribution in [-0.4, -0.2) is 25.1 Å². The van der Waals surface area contributed by atoms with Gasteiger partial charge in [0.15, 0.2) is 0 Å². The molecule has 0 aliphatic heterocycles. The molecule has 0 saturated heterocycles. The predicted octanol–water partition coefficient (Wildman–Crippen LogP) is 2.83. The number of hydrogen-bond donors (Lipinski definition) is 1. The summed E-state index contributed by atoms with van der Waals surface area (Å²) in [6.07, 6.45) is 7.07. The van der Waals surface area contributed by atoms with Gasteiger partial charge in [-0.05, 0) is 25.7 Å². The Bertz CT molecular complexity index is 601. The number of thiazole rings is 1. The second-order valence-electron chi connectivity index (χ2n) is 5.23. The number of carbonyl (C=O) groups excluding carboxylic acids is 1. The van der Waals surface area contributed by atoms with Crippen LogP contribution in [0, 0.1) is 0 Å². The lowest BCUT2D eigenvalue weighted by atomic mass is 10.0. The Hall–Kier alpha value is -1.21. The lowest BCUT2D eigenvalue weighted by molar-refractivity contribution is 0.0984. The van der Waals surface area contributed by atoms with Crippen molar-refractivity contribution in [3.8, 4) is 0 Å². The topological polar surface area (TPSA) is 76.1 Å². The van der Waals surface area contributed by atoms with Gasteiger partial charge in [-0.1, -0.05) is 18.9 Å². The van der Waals surface area contributed by atoms with Gasteiger partial charge in [0.2, 0.25) is 10.0 Å². The third-order valence-corrected chi connectivity index (χ3v) is 5.78. The van der Waals surface area contributed by atoms with Crippen LogP contribution in [0.3, 0.4) is 0 Å². The summed E-state index contributed by atoms with van der Waals surface area (Å²) in [5, 5.41) is 0. The zero-order chi connectivity index (χ0) is 15.3. The van der Waals surface area contributed by atoms with Crippen LogP contribution in [0.5, 0.6) is 0 Å². The molecular weight excluding hydrogens is 308 g/mol. The number of sulfonamides is 1. The van der Waals surface area contributed by atoms with Gasteiger partial charge in [-0.25, -0.2) is 18.1 Å². The average Bonchev–Trinajstić information content (AvgIpc) is 3.09. The van der Waals surface area contributed by atoms with Crippen molar-refractivity contribution >= 4 is 27.3 Å². The molecule has 5 nitrogen and oxygen atoms in total. The van der Waals surface area contributed by atoms with Crippen molar-refractivity contribution in [1.29, 1.82) is 0 Å². The second kappa shape index (κ2) is 7.17. The van der Waals surface area contributed by atoms with Crippen molar-refractivity contribution in [1.82, 2.24) is 9.71 Å². The molecule has 1 aliphatic rings. The molecule has 0 aromatic carbocycles. The number of hydrogen-bond acceptors (Lipinski definition) is 5. The maximum Gasteiger partial charge on any atom is 0.276 e. The highest BCUT2D eigenvalue weighted by molar-refractivity contribution is 7.90. The second-order valence-corrected chi connectivity index (χ2v) is 7.93. The van der Waals surface area contributed by atoms with Crippen LogP contribution in [0.25, 0.3) is 0 Å². The minimum Gasteiger partial charge on any atom is -0.267 e. The molecule has 1 N–H and O–H groups in total. The average molecular weight is 328 g/mol. The van der Waals surface area contributed by atoms with Crippen LogP contribution in [-0.2, 0) is 10.0 Å². The van der Waals surface area contributed by atoms with Crippen molar-refractivity contribution in [2.75, 3.05) is 5.75 Å². The van der Waals surface area contributed by atoms with Gasteiger partial charge in [-0.3, -0.25) is 4.79 Å². The first kappa shape index (κ1) is 16.2. The molecule has 0 radical (unpaired) electrons. The van der Waals surface area contributed by atoms with Crippen LogP contribution < -0.4 is 4.72 Å². The molecule has 0 spiro atoms. The fourth-order valence-corrected chi connectivity index (χ4v) is 4.44. The van der Waals surface area contributed by atoms with Crippen LogP contribution in [0.2, 0.25) is 0 Å². The highest BCUT2D eigenvalue weighted by atomic mass is 32.2. The van der Waals surface area contributed by atoms with Gasteiger partial charge in [-0.15, -0.1) is 17.9 Å². The lowest BCUT2D eigenvalue weighted by Crippen LogP contribution is -2.32. The van der Waals surface area contributed by atoms with E-state index in [0.29, 0.717) is 23.6 Å². The summed E-state index contributed by atoms with van der Waals surface area (Å²) in [5.41, 5.74) is 2.38. The van der Waals surface area contributed by atoms with Gasteiger partial charge in [0.1, 0.15) is 4.88 Å². The minimum atomic E-state index is -3.59. The van der Waals surface area contributed by atoms with Crippen molar-refractivity contribution in [2.45, 2.75) is 44.4 Å². The zero-order valence-electron chi connectivity index (χ0n) is 11.9. The third kappa shape index (κ3) is 4.38. The highest BCUT2D eigenvalue weighted by Gasteiger charge is 2.27. The van der Waals surface area contributed by atoms with E-state index < -0.39 is 15.9 Å². The lowest BCUT2D eigenvalue weighted by Gasteiger charge is -2.09. The van der Waals surface area contributed by atoms with Crippen LogP contribution in [0.4, 0.5) is 0 Å². The molecule has 21 heavy (non-hydrogen) atoms. The van der Waals surface area contributed by atoms with Crippen LogP contribution >= 0.6 is 11.3 Å². The van der Waals surface area contributed by atoms with Gasteiger partial charge in [0, 0.05) is 5.92 Å². The van der Waals surface area contributed by atoms with Gasteiger partial charge < -0.3 is 0 Å². The van der Waals surface area contributed by atoms with Gasteiger partial charge in [-0.2, -0.15) is 0 Å². The summed E-state index contributed by atoms with van der Waals surface area (Å²) >= 11 is 1.21. The number of carbonyl (C=O) groups is 1. The molecule has 0 unspecified atom stereocenters. The van der Waals surface area contributed by atoms with Gasteiger partial charge >= 0.3 is 0 Å². The summed E-state index contributed by atoms with van der Waals surface area (Å²) in [6, 6.07) is 0. The monoisotopic (exact) mass is 328 g/mol. The number of aromatic nitrogens is 1. The van der Waals surface area contributed by atoms with Crippen LogP contribution in [0.1, 0.15) is 59.8 Å². The summed E-state index contributed by atoms with van der Waals surface area (Å²) in [5.74, 6) is -0.319. The van der Waals surface area contributed by atoms with E-state index in [-0.39, 0.29) is 5.75 Å². The Morgan fingerprint density at radius 2 is 2.19 bits per heavy atom. The van der Waals surface area contributed by atoms with Gasteiger partial charge in [0.25, 0.3) is 5.91 Å². The molecule has 1 aliphatic carbocycles. The maximum atomic E-state index is 12.2. The maximum absolute atomic E-state index is 12.2. The van der Waals surface area contributed by atoms with E-state index >= 15 is 0 Å². The van der Waals surface area contributed by atoms with E-state index in [1.807, 2.05) is 0 Å². The Labute approximate surface area is 129 Å². The number of unbranched alkanes of at least 4 members (excludes halogenated alkanes) is 1. The standard InChI is InChI=1S/C14H20N2O3S2/c1-2-3-6-9-21(18,19)16-14(17)13-12(15-10-20-13)11-7-4-5-8-11/h2,10-11H,1,3-9H2,(H,16,17). The predicted molar refractivity (Wildman–Crippen MR) is 84.0 cm³/mol. The number of nitrogens with zero attached hydrogens (tertiary/aromatic N) is 1. The molecular formula is C14H20N2O3S2. The van der Waals surface area contributed by atoms with Crippen LogP contribution in [0.15, 0.2) is 18.2 Å². The van der Waals surface area contributed by atoms with Gasteiger partial charge in [0.05, 0.1) is 17.0 Å². The molecule has 1 aromatic heterocycles. The number of amides is 1. The number of nitrogens with one attached hydrogen (secondary N) is 1. The number of rotatable bonds is 7. The van der Waals surface area contributed by atoms with E-state index in [4.69, 9.17) is 0 Å². The van der Waals surface area contributed by atoms with E-state index in [0.717, 1.165) is 31.4 Å². The Balaban J connectivity index is 2.03. The fourth-order valence-electron chi connectivity index (χ4n) is 2.57. The van der Waals surface area contributed by atoms with Crippen molar-refractivity contribution in [2.24, 2.45) is 0 Å². The normalized spacial score (nSPS) is 16.0. The Morgan fingerprint density at radius 1 is 1.48 bits per heavy atom. The highest BCUT2D eigenvalue weighted by Crippen LogP contribution is 2.36. The molecule has 2 rings (SSSR count). The summed E-state index contributed by atoms with van der Waals surface area (Å²) < 4.78 is 25.9. The Morgan fingerprint density at radius 3 is 2.86 bits per heavy atom.